The lowest BCUT2D eigenvalue weighted by Gasteiger charge is -2.21. The molecule has 0 saturated carbocycles. The molecule has 0 aliphatic carbocycles. The number of thioether (sulfide) groups is 2. The minimum atomic E-state index is -4.21. The van der Waals surface area contributed by atoms with Crippen molar-refractivity contribution in [3.05, 3.63) is 29.8 Å². The van der Waals surface area contributed by atoms with E-state index in [1.165, 1.54) is 36.5 Å². The Balaban J connectivity index is 1.73. The molecule has 0 amide bonds. The van der Waals surface area contributed by atoms with Gasteiger partial charge in [0.2, 0.25) is 0 Å². The molecule has 1 fully saturated rings. The van der Waals surface area contributed by atoms with Crippen LogP contribution < -0.4 is 5.32 Å². The quantitative estimate of drug-likeness (QED) is 0.800. The van der Waals surface area contributed by atoms with E-state index >= 15 is 0 Å². The summed E-state index contributed by atoms with van der Waals surface area (Å²) in [4.78, 5) is 0.241. The summed E-state index contributed by atoms with van der Waals surface area (Å²) in [6, 6.07) is 6.59. The second-order valence-corrected chi connectivity index (χ2v) is 7.24. The van der Waals surface area contributed by atoms with Gasteiger partial charge in [0.1, 0.15) is 0 Å². The van der Waals surface area contributed by atoms with Crippen molar-refractivity contribution in [3.63, 3.8) is 0 Å². The maximum Gasteiger partial charge on any atom is 0.446 e. The molecule has 0 radical (unpaired) electrons. The number of halogens is 3. The summed E-state index contributed by atoms with van der Waals surface area (Å²) in [7, 11) is 0. The molecule has 0 bridgehead atoms. The van der Waals surface area contributed by atoms with Gasteiger partial charge in [-0.25, -0.2) is 0 Å². The van der Waals surface area contributed by atoms with Crippen molar-refractivity contribution < 1.29 is 13.2 Å². The minimum Gasteiger partial charge on any atom is -0.312 e. The fourth-order valence-electron chi connectivity index (χ4n) is 2.18. The highest BCUT2D eigenvalue weighted by molar-refractivity contribution is 8.00. The zero-order valence-corrected chi connectivity index (χ0v) is 12.7. The normalized spacial score (nSPS) is 17.4. The van der Waals surface area contributed by atoms with Crippen LogP contribution in [0.1, 0.15) is 18.4 Å². The molecule has 0 spiro atoms. The first-order valence-electron chi connectivity index (χ1n) is 6.66. The van der Waals surface area contributed by atoms with E-state index in [1.807, 2.05) is 11.8 Å². The van der Waals surface area contributed by atoms with E-state index in [2.05, 4.69) is 5.32 Å². The van der Waals surface area contributed by atoms with E-state index in [0.29, 0.717) is 0 Å². The topological polar surface area (TPSA) is 12.0 Å². The van der Waals surface area contributed by atoms with Crippen molar-refractivity contribution >= 4 is 23.5 Å². The average molecular weight is 321 g/mol. The number of rotatable bonds is 5. The molecule has 1 saturated heterocycles. The zero-order chi connectivity index (χ0) is 14.4. The van der Waals surface area contributed by atoms with Crippen LogP contribution in [-0.2, 0) is 6.54 Å². The molecular weight excluding hydrogens is 303 g/mol. The molecule has 112 valence electrons. The van der Waals surface area contributed by atoms with Crippen molar-refractivity contribution in [2.75, 3.05) is 18.1 Å². The van der Waals surface area contributed by atoms with E-state index in [0.717, 1.165) is 24.6 Å². The summed E-state index contributed by atoms with van der Waals surface area (Å²) in [5, 5.41) is 3.40. The molecule has 0 aromatic heterocycles. The van der Waals surface area contributed by atoms with Crippen molar-refractivity contribution in [2.45, 2.75) is 29.8 Å². The Morgan fingerprint density at radius 1 is 1.15 bits per heavy atom. The van der Waals surface area contributed by atoms with Gasteiger partial charge < -0.3 is 5.32 Å². The maximum absolute atomic E-state index is 12.2. The van der Waals surface area contributed by atoms with Crippen LogP contribution in [0.25, 0.3) is 0 Å². The van der Waals surface area contributed by atoms with Crippen LogP contribution in [-0.4, -0.2) is 23.6 Å². The van der Waals surface area contributed by atoms with Crippen LogP contribution in [0.3, 0.4) is 0 Å². The molecule has 1 N–H and O–H groups in total. The zero-order valence-electron chi connectivity index (χ0n) is 11.1. The lowest BCUT2D eigenvalue weighted by molar-refractivity contribution is -0.0328. The van der Waals surface area contributed by atoms with E-state index in [1.54, 1.807) is 12.1 Å². The lowest BCUT2D eigenvalue weighted by atomic mass is 10.0. The number of nitrogens with one attached hydrogen (secondary N) is 1. The first-order chi connectivity index (χ1) is 9.53. The molecule has 1 aromatic rings. The standard InChI is InChI=1S/C14H18F3NS2/c15-14(16,17)20-13-3-1-11(2-4-13)9-18-10-12-5-7-19-8-6-12/h1-4,12,18H,5-10H2. The highest BCUT2D eigenvalue weighted by Crippen LogP contribution is 2.36. The fraction of sp³-hybridized carbons (Fsp3) is 0.571. The van der Waals surface area contributed by atoms with E-state index in [4.69, 9.17) is 0 Å². The molecule has 0 atom stereocenters. The maximum atomic E-state index is 12.2. The highest BCUT2D eigenvalue weighted by atomic mass is 32.2. The molecule has 1 heterocycles. The van der Waals surface area contributed by atoms with Gasteiger partial charge in [-0.05, 0) is 66.3 Å². The van der Waals surface area contributed by atoms with Gasteiger partial charge in [0.05, 0.1) is 0 Å². The molecule has 0 unspecified atom stereocenters. The van der Waals surface area contributed by atoms with Crippen LogP contribution in [0.2, 0.25) is 0 Å². The molecule has 2 rings (SSSR count). The average Bonchev–Trinajstić information content (AvgIpc) is 2.40. The van der Waals surface area contributed by atoms with E-state index in [-0.39, 0.29) is 16.7 Å². The molecule has 1 nitrogen and oxygen atoms in total. The van der Waals surface area contributed by atoms with Crippen LogP contribution >= 0.6 is 23.5 Å². The molecule has 20 heavy (non-hydrogen) atoms. The molecule has 1 aliphatic rings. The van der Waals surface area contributed by atoms with Gasteiger partial charge in [-0.15, -0.1) is 0 Å². The summed E-state index contributed by atoms with van der Waals surface area (Å²) in [5.74, 6) is 3.24. The van der Waals surface area contributed by atoms with Gasteiger partial charge in [-0.2, -0.15) is 24.9 Å². The Hall–Kier alpha value is -0.330. The van der Waals surface area contributed by atoms with Gasteiger partial charge in [-0.3, -0.25) is 0 Å². The second kappa shape index (κ2) is 7.61. The highest BCUT2D eigenvalue weighted by Gasteiger charge is 2.28. The summed E-state index contributed by atoms with van der Waals surface area (Å²) in [6.07, 6.45) is 2.53. The van der Waals surface area contributed by atoms with Gasteiger partial charge in [0.15, 0.2) is 0 Å². The minimum absolute atomic E-state index is 0.0667. The summed E-state index contributed by atoms with van der Waals surface area (Å²) < 4.78 is 36.6. The third kappa shape index (κ3) is 5.97. The summed E-state index contributed by atoms with van der Waals surface area (Å²) in [5.41, 5.74) is -3.18. The molecule has 6 heteroatoms. The molecular formula is C14H18F3NS2. The number of alkyl halides is 3. The van der Waals surface area contributed by atoms with Gasteiger partial charge in [0.25, 0.3) is 0 Å². The smallest absolute Gasteiger partial charge is 0.312 e. The molecule has 1 aromatic carbocycles. The fourth-order valence-corrected chi connectivity index (χ4v) is 3.92. The Morgan fingerprint density at radius 2 is 1.80 bits per heavy atom. The van der Waals surface area contributed by atoms with E-state index in [9.17, 15) is 13.2 Å². The van der Waals surface area contributed by atoms with Crippen LogP contribution in [0.15, 0.2) is 29.2 Å². The Morgan fingerprint density at radius 3 is 2.40 bits per heavy atom. The number of hydrogen-bond acceptors (Lipinski definition) is 3. The third-order valence-corrected chi connectivity index (χ3v) is 5.05. The molecule has 1 aliphatic heterocycles. The lowest BCUT2D eigenvalue weighted by Crippen LogP contribution is -2.25. The summed E-state index contributed by atoms with van der Waals surface area (Å²) in [6.45, 7) is 1.72. The van der Waals surface area contributed by atoms with Crippen LogP contribution in [0.5, 0.6) is 0 Å². The van der Waals surface area contributed by atoms with Crippen molar-refractivity contribution in [2.24, 2.45) is 5.92 Å². The summed E-state index contributed by atoms with van der Waals surface area (Å²) >= 11 is 1.95. The van der Waals surface area contributed by atoms with Gasteiger partial charge in [-0.1, -0.05) is 12.1 Å². The van der Waals surface area contributed by atoms with Crippen molar-refractivity contribution in [3.8, 4) is 0 Å². The predicted molar refractivity (Wildman–Crippen MR) is 80.1 cm³/mol. The monoisotopic (exact) mass is 321 g/mol. The van der Waals surface area contributed by atoms with E-state index < -0.39 is 5.51 Å². The number of hydrogen-bond donors (Lipinski definition) is 1. The van der Waals surface area contributed by atoms with Crippen LogP contribution in [0, 0.1) is 5.92 Å². The SMILES string of the molecule is FC(F)(F)Sc1ccc(CNCC2CCSCC2)cc1. The first-order valence-corrected chi connectivity index (χ1v) is 8.63. The van der Waals surface area contributed by atoms with Crippen molar-refractivity contribution in [1.82, 2.24) is 5.32 Å². The first kappa shape index (κ1) is 16.0. The van der Waals surface area contributed by atoms with Gasteiger partial charge in [0, 0.05) is 11.4 Å². The second-order valence-electron chi connectivity index (χ2n) is 4.88. The Kier molecular flexibility index (Phi) is 6.11. The number of benzene rings is 1. The Labute approximate surface area is 126 Å². The van der Waals surface area contributed by atoms with Gasteiger partial charge >= 0.3 is 5.51 Å². The largest absolute Gasteiger partial charge is 0.446 e. The van der Waals surface area contributed by atoms with Crippen LogP contribution in [0.4, 0.5) is 13.2 Å². The third-order valence-electron chi connectivity index (χ3n) is 3.26. The Bertz CT molecular complexity index is 400. The predicted octanol–water partition coefficient (Wildman–Crippen LogP) is 4.53. The van der Waals surface area contributed by atoms with Crippen molar-refractivity contribution in [1.29, 1.82) is 0 Å².